The van der Waals surface area contributed by atoms with Crippen LogP contribution in [0, 0.1) is 0 Å². The molecule has 2 aliphatic rings. The quantitative estimate of drug-likeness (QED) is 0.890. The molecule has 0 bridgehead atoms. The van der Waals surface area contributed by atoms with Gasteiger partial charge in [0.1, 0.15) is 5.75 Å². The number of hydrogen-bond donors (Lipinski definition) is 1. The Balaban J connectivity index is 1.47. The Bertz CT molecular complexity index is 824. The molecule has 6 heteroatoms. The number of anilines is 1. The van der Waals surface area contributed by atoms with Crippen molar-refractivity contribution in [3.8, 4) is 16.9 Å². The van der Waals surface area contributed by atoms with Crippen molar-refractivity contribution < 1.29 is 9.53 Å². The van der Waals surface area contributed by atoms with Crippen molar-refractivity contribution in [3.63, 3.8) is 0 Å². The van der Waals surface area contributed by atoms with Gasteiger partial charge < -0.3 is 19.9 Å². The van der Waals surface area contributed by atoms with Gasteiger partial charge in [-0.25, -0.2) is 4.79 Å². The van der Waals surface area contributed by atoms with Crippen LogP contribution < -0.4 is 10.1 Å². The van der Waals surface area contributed by atoms with Crippen molar-refractivity contribution in [2.24, 2.45) is 0 Å². The van der Waals surface area contributed by atoms with E-state index in [0.717, 1.165) is 61.8 Å². The summed E-state index contributed by atoms with van der Waals surface area (Å²) in [7, 11) is 3.81. The number of carbonyl (C=O) groups excluding carboxylic acids is 1. The minimum absolute atomic E-state index is 0.0196. The number of carbonyl (C=O) groups is 1. The Kier molecular flexibility index (Phi) is 5.50. The number of benzene rings is 2. The van der Waals surface area contributed by atoms with Crippen LogP contribution in [0.5, 0.6) is 5.75 Å². The Morgan fingerprint density at radius 2 is 1.75 bits per heavy atom. The number of rotatable bonds is 3. The van der Waals surface area contributed by atoms with Gasteiger partial charge in [0.25, 0.3) is 0 Å². The summed E-state index contributed by atoms with van der Waals surface area (Å²) in [4.78, 5) is 19.8. The first-order valence-corrected chi connectivity index (χ1v) is 9.86. The third kappa shape index (κ3) is 3.98. The number of nitrogens with zero attached hydrogens (tertiary/aromatic N) is 3. The SMILES string of the molecule is COc1ccc(-c2ccccc2NC(=O)N2CCN3CCN(C)C[C@H]3C2)cc1. The largest absolute Gasteiger partial charge is 0.497 e. The fourth-order valence-electron chi connectivity index (χ4n) is 4.10. The van der Waals surface area contributed by atoms with Crippen LogP contribution in [-0.4, -0.2) is 80.2 Å². The molecule has 0 aromatic heterocycles. The van der Waals surface area contributed by atoms with Crippen LogP contribution in [-0.2, 0) is 0 Å². The topological polar surface area (TPSA) is 48.1 Å². The van der Waals surface area contributed by atoms with Crippen molar-refractivity contribution in [1.82, 2.24) is 14.7 Å². The minimum atomic E-state index is -0.0196. The predicted octanol–water partition coefficient (Wildman–Crippen LogP) is 2.83. The smallest absolute Gasteiger partial charge is 0.321 e. The lowest BCUT2D eigenvalue weighted by Gasteiger charge is -2.46. The third-order valence-corrected chi connectivity index (χ3v) is 5.75. The summed E-state index contributed by atoms with van der Waals surface area (Å²) in [5, 5.41) is 3.14. The molecule has 0 unspecified atom stereocenters. The lowest BCUT2D eigenvalue weighted by molar-refractivity contribution is 0.0353. The van der Waals surface area contributed by atoms with Crippen LogP contribution in [0.2, 0.25) is 0 Å². The van der Waals surface area contributed by atoms with Gasteiger partial charge in [-0.1, -0.05) is 30.3 Å². The average molecular weight is 380 g/mol. The molecule has 2 saturated heterocycles. The van der Waals surface area contributed by atoms with E-state index in [9.17, 15) is 4.79 Å². The molecular weight excluding hydrogens is 352 g/mol. The number of nitrogens with one attached hydrogen (secondary N) is 1. The summed E-state index contributed by atoms with van der Waals surface area (Å²) < 4.78 is 5.25. The second-order valence-corrected chi connectivity index (χ2v) is 7.60. The van der Waals surface area contributed by atoms with Gasteiger partial charge in [0.2, 0.25) is 0 Å². The van der Waals surface area contributed by atoms with E-state index < -0.39 is 0 Å². The number of amides is 2. The number of fused-ring (bicyclic) bond motifs is 1. The van der Waals surface area contributed by atoms with Crippen molar-refractivity contribution in [2.75, 3.05) is 58.7 Å². The van der Waals surface area contributed by atoms with Gasteiger partial charge in [0, 0.05) is 50.9 Å². The van der Waals surface area contributed by atoms with Gasteiger partial charge in [-0.2, -0.15) is 0 Å². The van der Waals surface area contributed by atoms with Crippen LogP contribution >= 0.6 is 0 Å². The number of ether oxygens (including phenoxy) is 1. The van der Waals surface area contributed by atoms with Crippen LogP contribution in [0.25, 0.3) is 11.1 Å². The van der Waals surface area contributed by atoms with Crippen LogP contribution in [0.3, 0.4) is 0 Å². The van der Waals surface area contributed by atoms with E-state index in [1.165, 1.54) is 0 Å². The lowest BCUT2D eigenvalue weighted by atomic mass is 10.0. The molecule has 2 aromatic carbocycles. The Hall–Kier alpha value is -2.57. The van der Waals surface area contributed by atoms with Crippen LogP contribution in [0.15, 0.2) is 48.5 Å². The molecule has 28 heavy (non-hydrogen) atoms. The summed E-state index contributed by atoms with van der Waals surface area (Å²) in [5.74, 6) is 0.820. The van der Waals surface area contributed by atoms with Crippen molar-refractivity contribution in [2.45, 2.75) is 6.04 Å². The van der Waals surface area contributed by atoms with E-state index in [0.29, 0.717) is 6.04 Å². The summed E-state index contributed by atoms with van der Waals surface area (Å²) >= 11 is 0. The summed E-state index contributed by atoms with van der Waals surface area (Å²) in [6.45, 7) is 5.73. The van der Waals surface area contributed by atoms with E-state index in [4.69, 9.17) is 4.74 Å². The van der Waals surface area contributed by atoms with E-state index in [-0.39, 0.29) is 6.03 Å². The van der Waals surface area contributed by atoms with Crippen LogP contribution in [0.1, 0.15) is 0 Å². The zero-order chi connectivity index (χ0) is 19.5. The van der Waals surface area contributed by atoms with Gasteiger partial charge in [-0.15, -0.1) is 0 Å². The molecule has 4 rings (SSSR count). The molecule has 2 aromatic rings. The zero-order valence-electron chi connectivity index (χ0n) is 16.6. The maximum absolute atomic E-state index is 13.0. The number of urea groups is 1. The molecule has 2 amide bonds. The Morgan fingerprint density at radius 1 is 1.00 bits per heavy atom. The highest BCUT2D eigenvalue weighted by Gasteiger charge is 2.32. The molecule has 0 aliphatic carbocycles. The summed E-state index contributed by atoms with van der Waals surface area (Å²) in [5.41, 5.74) is 2.89. The number of hydrogen-bond acceptors (Lipinski definition) is 4. The second kappa shape index (κ2) is 8.20. The maximum atomic E-state index is 13.0. The van der Waals surface area contributed by atoms with Gasteiger partial charge in [0.15, 0.2) is 0 Å². The summed E-state index contributed by atoms with van der Waals surface area (Å²) in [6, 6.07) is 16.3. The normalized spacial score (nSPS) is 20.5. The molecule has 0 saturated carbocycles. The molecular formula is C22H28N4O2. The molecule has 148 valence electrons. The first kappa shape index (κ1) is 18.8. The molecule has 6 nitrogen and oxygen atoms in total. The highest BCUT2D eigenvalue weighted by molar-refractivity contribution is 5.94. The molecule has 1 atom stereocenters. The minimum Gasteiger partial charge on any atom is -0.497 e. The highest BCUT2D eigenvalue weighted by Crippen LogP contribution is 2.29. The Labute approximate surface area is 166 Å². The number of piperazine rings is 2. The second-order valence-electron chi connectivity index (χ2n) is 7.60. The van der Waals surface area contributed by atoms with Gasteiger partial charge in [-0.05, 0) is 30.8 Å². The molecule has 2 fully saturated rings. The standard InChI is InChI=1S/C22H28N4O2/c1-24-11-12-25-13-14-26(16-18(25)15-24)22(27)23-21-6-4-3-5-20(21)17-7-9-19(28-2)10-8-17/h3-10,18H,11-16H2,1-2H3,(H,23,27)/t18-/m0/s1. The predicted molar refractivity (Wildman–Crippen MR) is 112 cm³/mol. The lowest BCUT2D eigenvalue weighted by Crippen LogP contribution is -2.62. The molecule has 1 N–H and O–H groups in total. The summed E-state index contributed by atoms with van der Waals surface area (Å²) in [6.07, 6.45) is 0. The average Bonchev–Trinajstić information content (AvgIpc) is 2.73. The van der Waals surface area contributed by atoms with Gasteiger partial charge in [-0.3, -0.25) is 4.90 Å². The third-order valence-electron chi connectivity index (χ3n) is 5.75. The van der Waals surface area contributed by atoms with Crippen molar-refractivity contribution in [3.05, 3.63) is 48.5 Å². The van der Waals surface area contributed by atoms with Gasteiger partial charge >= 0.3 is 6.03 Å². The fraction of sp³-hybridized carbons (Fsp3) is 0.409. The van der Waals surface area contributed by atoms with Crippen molar-refractivity contribution in [1.29, 1.82) is 0 Å². The van der Waals surface area contributed by atoms with E-state index in [1.807, 2.05) is 53.4 Å². The molecule has 2 aliphatic heterocycles. The molecule has 2 heterocycles. The van der Waals surface area contributed by atoms with Crippen LogP contribution in [0.4, 0.5) is 10.5 Å². The highest BCUT2D eigenvalue weighted by atomic mass is 16.5. The number of methoxy groups -OCH3 is 1. The van der Waals surface area contributed by atoms with Gasteiger partial charge in [0.05, 0.1) is 12.8 Å². The van der Waals surface area contributed by atoms with E-state index in [2.05, 4.69) is 22.2 Å². The number of likely N-dealkylation sites (N-methyl/N-ethyl adjacent to an activating group) is 1. The Morgan fingerprint density at radius 3 is 2.54 bits per heavy atom. The first-order valence-electron chi connectivity index (χ1n) is 9.86. The van der Waals surface area contributed by atoms with Crippen molar-refractivity contribution >= 4 is 11.7 Å². The zero-order valence-corrected chi connectivity index (χ0v) is 16.6. The van der Waals surface area contributed by atoms with E-state index >= 15 is 0 Å². The van der Waals surface area contributed by atoms with E-state index in [1.54, 1.807) is 7.11 Å². The maximum Gasteiger partial charge on any atom is 0.321 e. The molecule has 0 spiro atoms. The fourth-order valence-corrected chi connectivity index (χ4v) is 4.10. The monoisotopic (exact) mass is 380 g/mol. The number of para-hydroxylation sites is 1. The molecule has 0 radical (unpaired) electrons. The first-order chi connectivity index (χ1) is 13.6.